The Morgan fingerprint density at radius 2 is 2.35 bits per heavy atom. The number of benzene rings is 1. The van der Waals surface area contributed by atoms with Gasteiger partial charge >= 0.3 is 0 Å². The van der Waals surface area contributed by atoms with Gasteiger partial charge in [-0.25, -0.2) is 4.39 Å². The van der Waals surface area contributed by atoms with E-state index in [1.54, 1.807) is 6.92 Å². The molecule has 3 nitrogen and oxygen atoms in total. The molecule has 0 spiro atoms. The van der Waals surface area contributed by atoms with Gasteiger partial charge in [-0.1, -0.05) is 11.6 Å². The van der Waals surface area contributed by atoms with Gasteiger partial charge in [0, 0.05) is 5.56 Å². The molecule has 0 aromatic heterocycles. The van der Waals surface area contributed by atoms with Crippen LogP contribution in [0.2, 0.25) is 5.02 Å². The molecular weight excluding hydrogens is 245 g/mol. The Labute approximate surface area is 103 Å². The SMILES string of the molecule is Cc1cc(Cl)c(C(=O)CC2=NCCO2)cc1F. The molecule has 0 N–H and O–H groups in total. The number of Topliss-reactive ketones (excluding diaryl/α,β-unsaturated/α-hetero) is 1. The first-order chi connectivity index (χ1) is 8.08. The average Bonchev–Trinajstić information content (AvgIpc) is 2.76. The van der Waals surface area contributed by atoms with Crippen LogP contribution >= 0.6 is 11.6 Å². The van der Waals surface area contributed by atoms with E-state index in [4.69, 9.17) is 16.3 Å². The highest BCUT2D eigenvalue weighted by Gasteiger charge is 2.18. The minimum absolute atomic E-state index is 0.0300. The Balaban J connectivity index is 2.21. The maximum Gasteiger partial charge on any atom is 0.191 e. The first-order valence-corrected chi connectivity index (χ1v) is 5.60. The molecule has 0 radical (unpaired) electrons. The van der Waals surface area contributed by atoms with Gasteiger partial charge in [0.2, 0.25) is 0 Å². The Morgan fingerprint density at radius 3 is 3.00 bits per heavy atom. The number of hydrogen-bond acceptors (Lipinski definition) is 3. The number of nitrogens with zero attached hydrogens (tertiary/aromatic N) is 1. The van der Waals surface area contributed by atoms with Crippen LogP contribution in [0.3, 0.4) is 0 Å². The molecule has 0 bridgehead atoms. The molecule has 1 heterocycles. The highest BCUT2D eigenvalue weighted by Crippen LogP contribution is 2.22. The van der Waals surface area contributed by atoms with E-state index in [2.05, 4.69) is 4.99 Å². The van der Waals surface area contributed by atoms with E-state index in [1.165, 1.54) is 6.07 Å². The van der Waals surface area contributed by atoms with Crippen molar-refractivity contribution in [3.8, 4) is 0 Å². The summed E-state index contributed by atoms with van der Waals surface area (Å²) in [6.45, 7) is 2.66. The normalized spacial score (nSPS) is 14.4. The lowest BCUT2D eigenvalue weighted by Gasteiger charge is -2.06. The zero-order valence-electron chi connectivity index (χ0n) is 9.30. The van der Waals surface area contributed by atoms with Crippen molar-refractivity contribution in [3.05, 3.63) is 34.1 Å². The predicted molar refractivity (Wildman–Crippen MR) is 63.3 cm³/mol. The summed E-state index contributed by atoms with van der Waals surface area (Å²) in [7, 11) is 0. The van der Waals surface area contributed by atoms with Crippen LogP contribution in [0.4, 0.5) is 4.39 Å². The molecule has 1 aromatic carbocycles. The molecule has 17 heavy (non-hydrogen) atoms. The van der Waals surface area contributed by atoms with Crippen LogP contribution in [0.1, 0.15) is 22.3 Å². The third kappa shape index (κ3) is 2.64. The van der Waals surface area contributed by atoms with Crippen molar-refractivity contribution in [2.45, 2.75) is 13.3 Å². The van der Waals surface area contributed by atoms with Gasteiger partial charge < -0.3 is 4.74 Å². The number of ketones is 1. The van der Waals surface area contributed by atoms with Gasteiger partial charge in [-0.3, -0.25) is 9.79 Å². The summed E-state index contributed by atoms with van der Waals surface area (Å²) in [5, 5.41) is 0.257. The predicted octanol–water partition coefficient (Wildman–Crippen LogP) is 2.79. The van der Waals surface area contributed by atoms with Crippen LogP contribution in [0.5, 0.6) is 0 Å². The second-order valence-corrected chi connectivity index (χ2v) is 4.21. The molecular formula is C12H11ClFNO2. The van der Waals surface area contributed by atoms with Gasteiger partial charge in [0.15, 0.2) is 11.7 Å². The highest BCUT2D eigenvalue weighted by atomic mass is 35.5. The van der Waals surface area contributed by atoms with E-state index in [0.717, 1.165) is 6.07 Å². The van der Waals surface area contributed by atoms with E-state index in [-0.39, 0.29) is 22.8 Å². The Bertz CT molecular complexity index is 500. The van der Waals surface area contributed by atoms with Crippen molar-refractivity contribution in [2.75, 3.05) is 13.2 Å². The fraction of sp³-hybridized carbons (Fsp3) is 0.333. The van der Waals surface area contributed by atoms with Crippen LogP contribution in [0, 0.1) is 12.7 Å². The number of carbonyl (C=O) groups is 1. The molecule has 0 unspecified atom stereocenters. The number of carbonyl (C=O) groups excluding carboxylic acids is 1. The van der Waals surface area contributed by atoms with E-state index in [9.17, 15) is 9.18 Å². The minimum Gasteiger partial charge on any atom is -0.479 e. The lowest BCUT2D eigenvalue weighted by Crippen LogP contribution is -2.09. The van der Waals surface area contributed by atoms with Gasteiger partial charge in [0.05, 0.1) is 18.0 Å². The molecule has 0 aliphatic carbocycles. The largest absolute Gasteiger partial charge is 0.479 e. The molecule has 1 aliphatic heterocycles. The molecule has 0 saturated heterocycles. The van der Waals surface area contributed by atoms with Crippen LogP contribution < -0.4 is 0 Å². The molecule has 0 amide bonds. The smallest absolute Gasteiger partial charge is 0.191 e. The summed E-state index contributed by atoms with van der Waals surface area (Å²) >= 11 is 5.91. The topological polar surface area (TPSA) is 38.7 Å². The second-order valence-electron chi connectivity index (χ2n) is 3.81. The van der Waals surface area contributed by atoms with E-state index in [0.29, 0.717) is 24.6 Å². The van der Waals surface area contributed by atoms with Crippen molar-refractivity contribution >= 4 is 23.3 Å². The maximum absolute atomic E-state index is 13.4. The van der Waals surface area contributed by atoms with Crippen LogP contribution in [-0.4, -0.2) is 24.8 Å². The van der Waals surface area contributed by atoms with Crippen molar-refractivity contribution in [2.24, 2.45) is 4.99 Å². The molecule has 1 aromatic rings. The number of rotatable bonds is 3. The summed E-state index contributed by atoms with van der Waals surface area (Å²) in [6.07, 6.45) is 0.0300. The number of ether oxygens (including phenoxy) is 1. The third-order valence-electron chi connectivity index (χ3n) is 2.51. The summed E-state index contributed by atoms with van der Waals surface area (Å²) in [5.74, 6) is -0.325. The molecule has 2 rings (SSSR count). The molecule has 5 heteroatoms. The minimum atomic E-state index is -0.438. The molecule has 0 atom stereocenters. The monoisotopic (exact) mass is 255 g/mol. The fourth-order valence-corrected chi connectivity index (χ4v) is 1.90. The van der Waals surface area contributed by atoms with Gasteiger partial charge in [-0.15, -0.1) is 0 Å². The zero-order chi connectivity index (χ0) is 12.4. The van der Waals surface area contributed by atoms with Crippen molar-refractivity contribution < 1.29 is 13.9 Å². The zero-order valence-corrected chi connectivity index (χ0v) is 10.1. The molecule has 0 fully saturated rings. The summed E-state index contributed by atoms with van der Waals surface area (Å²) in [4.78, 5) is 15.9. The number of aryl methyl sites for hydroxylation is 1. The van der Waals surface area contributed by atoms with Crippen molar-refractivity contribution in [1.82, 2.24) is 0 Å². The van der Waals surface area contributed by atoms with Gasteiger partial charge in [0.1, 0.15) is 12.4 Å². The van der Waals surface area contributed by atoms with Crippen molar-refractivity contribution in [3.63, 3.8) is 0 Å². The Kier molecular flexibility index (Phi) is 3.43. The van der Waals surface area contributed by atoms with E-state index in [1.807, 2.05) is 0 Å². The first kappa shape index (κ1) is 12.0. The maximum atomic E-state index is 13.4. The van der Waals surface area contributed by atoms with E-state index >= 15 is 0 Å². The number of hydrogen-bond donors (Lipinski definition) is 0. The Hall–Kier alpha value is -1.42. The lowest BCUT2D eigenvalue weighted by atomic mass is 10.1. The second kappa shape index (κ2) is 4.84. The average molecular weight is 256 g/mol. The number of aliphatic imine (C=N–C) groups is 1. The van der Waals surface area contributed by atoms with Gasteiger partial charge in [-0.2, -0.15) is 0 Å². The lowest BCUT2D eigenvalue weighted by molar-refractivity contribution is 0.0994. The van der Waals surface area contributed by atoms with Gasteiger partial charge in [-0.05, 0) is 24.6 Å². The third-order valence-corrected chi connectivity index (χ3v) is 2.82. The Morgan fingerprint density at radius 1 is 1.59 bits per heavy atom. The molecule has 1 aliphatic rings. The van der Waals surface area contributed by atoms with E-state index < -0.39 is 5.82 Å². The van der Waals surface area contributed by atoms with Crippen LogP contribution in [-0.2, 0) is 4.74 Å². The number of halogens is 2. The summed E-state index contributed by atoms with van der Waals surface area (Å²) in [5.41, 5.74) is 0.592. The fourth-order valence-electron chi connectivity index (χ4n) is 1.58. The molecule has 0 saturated carbocycles. The summed E-state index contributed by atoms with van der Waals surface area (Å²) in [6, 6.07) is 2.61. The molecule has 90 valence electrons. The highest BCUT2D eigenvalue weighted by molar-refractivity contribution is 6.34. The summed E-state index contributed by atoms with van der Waals surface area (Å²) < 4.78 is 18.5. The van der Waals surface area contributed by atoms with Crippen LogP contribution in [0.25, 0.3) is 0 Å². The standard InChI is InChI=1S/C12H11ClFNO2/c1-7-4-9(13)8(5-10(7)14)11(16)6-12-15-2-3-17-12/h4-5H,2-3,6H2,1H3. The quantitative estimate of drug-likeness (QED) is 0.779. The van der Waals surface area contributed by atoms with Crippen LogP contribution in [0.15, 0.2) is 17.1 Å². The van der Waals surface area contributed by atoms with Gasteiger partial charge in [0.25, 0.3) is 0 Å². The van der Waals surface area contributed by atoms with Crippen molar-refractivity contribution in [1.29, 1.82) is 0 Å². The first-order valence-electron chi connectivity index (χ1n) is 5.23.